The van der Waals surface area contributed by atoms with Crippen LogP contribution in [-0.4, -0.2) is 4.87 Å². The molecule has 0 aliphatic heterocycles. The minimum Gasteiger partial charge on any atom is -0.115 e. The summed E-state index contributed by atoms with van der Waals surface area (Å²) in [5, 5.41) is 0. The minimum atomic E-state index is 0.0278. The van der Waals surface area contributed by atoms with Crippen molar-refractivity contribution in [1.82, 2.24) is 0 Å². The molecule has 0 spiro atoms. The van der Waals surface area contributed by atoms with Crippen LogP contribution < -0.4 is 0 Å². The second-order valence-corrected chi connectivity index (χ2v) is 2.49. The van der Waals surface area contributed by atoms with E-state index < -0.39 is 0 Å². The van der Waals surface area contributed by atoms with Crippen molar-refractivity contribution in [2.24, 2.45) is 0 Å². The predicted molar refractivity (Wildman–Crippen MR) is 28.0 cm³/mol. The van der Waals surface area contributed by atoms with Crippen LogP contribution in [0.15, 0.2) is 12.7 Å². The largest absolute Gasteiger partial charge is 0.115 e. The van der Waals surface area contributed by atoms with Crippen LogP contribution in [0.3, 0.4) is 0 Å². The Bertz CT molecular complexity index is 72.0. The van der Waals surface area contributed by atoms with Gasteiger partial charge in [-0.15, -0.1) is 18.2 Å². The molecule has 6 heavy (non-hydrogen) atoms. The molecule has 0 radical (unpaired) electrons. The SMILES string of the molecule is C=CC1(Cl)CC1. The third kappa shape index (κ3) is 0.574. The first kappa shape index (κ1) is 4.20. The van der Waals surface area contributed by atoms with Gasteiger partial charge in [-0.1, -0.05) is 6.08 Å². The zero-order valence-corrected chi connectivity index (χ0v) is 4.33. The average Bonchev–Trinajstić information content (AvgIpc) is 2.22. The fraction of sp³-hybridized carbons (Fsp3) is 0.600. The van der Waals surface area contributed by atoms with Crippen molar-refractivity contribution in [3.63, 3.8) is 0 Å². The average molecular weight is 103 g/mol. The lowest BCUT2D eigenvalue weighted by Gasteiger charge is -1.87. The highest BCUT2D eigenvalue weighted by Gasteiger charge is 2.36. The molecule has 1 heteroatoms. The lowest BCUT2D eigenvalue weighted by Crippen LogP contribution is -1.84. The first-order chi connectivity index (χ1) is 2.77. The zero-order chi connectivity index (χ0) is 4.62. The van der Waals surface area contributed by atoms with Crippen LogP contribution in [0.5, 0.6) is 0 Å². The molecule has 0 amide bonds. The molecule has 1 aliphatic carbocycles. The molecule has 0 aromatic rings. The van der Waals surface area contributed by atoms with Gasteiger partial charge in [0.15, 0.2) is 0 Å². The summed E-state index contributed by atoms with van der Waals surface area (Å²) < 4.78 is 0. The standard InChI is InChI=1S/C5H7Cl/c1-2-5(6)3-4-5/h2H,1,3-4H2. The Balaban J connectivity index is 2.47. The Morgan fingerprint density at radius 3 is 2.17 bits per heavy atom. The second kappa shape index (κ2) is 1.00. The number of allylic oxidation sites excluding steroid dienone is 1. The van der Waals surface area contributed by atoms with Crippen LogP contribution >= 0.6 is 11.6 Å². The third-order valence-corrected chi connectivity index (χ3v) is 1.63. The summed E-state index contributed by atoms with van der Waals surface area (Å²) in [7, 11) is 0. The van der Waals surface area contributed by atoms with Crippen LogP contribution in [0.4, 0.5) is 0 Å². The van der Waals surface area contributed by atoms with E-state index >= 15 is 0 Å². The van der Waals surface area contributed by atoms with Gasteiger partial charge in [-0.05, 0) is 12.8 Å². The van der Waals surface area contributed by atoms with E-state index in [1.807, 2.05) is 6.08 Å². The van der Waals surface area contributed by atoms with Gasteiger partial charge in [0.1, 0.15) is 0 Å². The summed E-state index contributed by atoms with van der Waals surface area (Å²) in [6.45, 7) is 3.56. The normalized spacial score (nSPS) is 26.2. The maximum absolute atomic E-state index is 5.71. The van der Waals surface area contributed by atoms with Gasteiger partial charge < -0.3 is 0 Å². The van der Waals surface area contributed by atoms with Gasteiger partial charge in [0.05, 0.1) is 4.87 Å². The molecule has 1 saturated carbocycles. The van der Waals surface area contributed by atoms with Crippen molar-refractivity contribution < 1.29 is 0 Å². The molecule has 0 atom stereocenters. The predicted octanol–water partition coefficient (Wildman–Crippen LogP) is 1.94. The van der Waals surface area contributed by atoms with Crippen LogP contribution in [0.2, 0.25) is 0 Å². The number of alkyl halides is 1. The highest BCUT2D eigenvalue weighted by atomic mass is 35.5. The lowest BCUT2D eigenvalue weighted by molar-refractivity contribution is 1.18. The third-order valence-electron chi connectivity index (χ3n) is 1.09. The molecular formula is C5H7Cl. The van der Waals surface area contributed by atoms with Crippen LogP contribution in [0.1, 0.15) is 12.8 Å². The first-order valence-corrected chi connectivity index (χ1v) is 2.47. The van der Waals surface area contributed by atoms with E-state index in [-0.39, 0.29) is 4.87 Å². The Labute approximate surface area is 42.8 Å². The molecular weight excluding hydrogens is 95.5 g/mol. The van der Waals surface area contributed by atoms with Gasteiger partial charge in [0.2, 0.25) is 0 Å². The van der Waals surface area contributed by atoms with E-state index in [9.17, 15) is 0 Å². The molecule has 0 nitrogen and oxygen atoms in total. The van der Waals surface area contributed by atoms with E-state index in [0.717, 1.165) is 12.8 Å². The minimum absolute atomic E-state index is 0.0278. The van der Waals surface area contributed by atoms with Gasteiger partial charge in [0.25, 0.3) is 0 Å². The zero-order valence-electron chi connectivity index (χ0n) is 3.58. The molecule has 1 aliphatic rings. The van der Waals surface area contributed by atoms with E-state index in [0.29, 0.717) is 0 Å². The van der Waals surface area contributed by atoms with Gasteiger partial charge in [-0.3, -0.25) is 0 Å². The molecule has 0 saturated heterocycles. The van der Waals surface area contributed by atoms with Crippen molar-refractivity contribution in [1.29, 1.82) is 0 Å². The maximum Gasteiger partial charge on any atom is 0.0624 e. The maximum atomic E-state index is 5.71. The molecule has 1 fully saturated rings. The topological polar surface area (TPSA) is 0 Å². The van der Waals surface area contributed by atoms with Crippen molar-refractivity contribution >= 4 is 11.6 Å². The Morgan fingerprint density at radius 2 is 2.17 bits per heavy atom. The highest BCUT2D eigenvalue weighted by molar-refractivity contribution is 6.27. The molecule has 0 unspecified atom stereocenters. The van der Waals surface area contributed by atoms with E-state index in [2.05, 4.69) is 6.58 Å². The summed E-state index contributed by atoms with van der Waals surface area (Å²) in [5.74, 6) is 0. The molecule has 0 N–H and O–H groups in total. The van der Waals surface area contributed by atoms with Crippen molar-refractivity contribution in [3.8, 4) is 0 Å². The highest BCUT2D eigenvalue weighted by Crippen LogP contribution is 2.43. The fourth-order valence-corrected chi connectivity index (χ4v) is 0.418. The van der Waals surface area contributed by atoms with E-state index in [4.69, 9.17) is 11.6 Å². The van der Waals surface area contributed by atoms with Crippen molar-refractivity contribution in [3.05, 3.63) is 12.7 Å². The Hall–Kier alpha value is 0.0300. The van der Waals surface area contributed by atoms with E-state index in [1.165, 1.54) is 0 Å². The van der Waals surface area contributed by atoms with Gasteiger partial charge >= 0.3 is 0 Å². The van der Waals surface area contributed by atoms with Gasteiger partial charge in [-0.2, -0.15) is 0 Å². The summed E-state index contributed by atoms with van der Waals surface area (Å²) >= 11 is 5.71. The first-order valence-electron chi connectivity index (χ1n) is 2.09. The van der Waals surface area contributed by atoms with Crippen molar-refractivity contribution in [2.75, 3.05) is 0 Å². The summed E-state index contributed by atoms with van der Waals surface area (Å²) in [6, 6.07) is 0. The molecule has 0 heterocycles. The Morgan fingerprint density at radius 1 is 1.67 bits per heavy atom. The van der Waals surface area contributed by atoms with Crippen molar-refractivity contribution in [2.45, 2.75) is 17.7 Å². The summed E-state index contributed by atoms with van der Waals surface area (Å²) in [5.41, 5.74) is 0. The number of halogens is 1. The van der Waals surface area contributed by atoms with Crippen LogP contribution in [0, 0.1) is 0 Å². The monoisotopic (exact) mass is 102 g/mol. The lowest BCUT2D eigenvalue weighted by atomic mass is 10.4. The molecule has 0 bridgehead atoms. The van der Waals surface area contributed by atoms with Gasteiger partial charge in [-0.25, -0.2) is 0 Å². The molecule has 1 rings (SSSR count). The van der Waals surface area contributed by atoms with Crippen LogP contribution in [-0.2, 0) is 0 Å². The smallest absolute Gasteiger partial charge is 0.0624 e. The molecule has 0 aromatic carbocycles. The number of rotatable bonds is 1. The molecule has 0 aromatic heterocycles. The van der Waals surface area contributed by atoms with Crippen LogP contribution in [0.25, 0.3) is 0 Å². The quantitative estimate of drug-likeness (QED) is 0.351. The summed E-state index contributed by atoms with van der Waals surface area (Å²) in [6.07, 6.45) is 4.06. The van der Waals surface area contributed by atoms with Gasteiger partial charge in [0, 0.05) is 0 Å². The Kier molecular flexibility index (Phi) is 0.701. The van der Waals surface area contributed by atoms with E-state index in [1.54, 1.807) is 0 Å². The number of hydrogen-bond acceptors (Lipinski definition) is 0. The second-order valence-electron chi connectivity index (χ2n) is 1.74. The fourth-order valence-electron chi connectivity index (χ4n) is 0.324. The number of hydrogen-bond donors (Lipinski definition) is 0. The molecule has 34 valence electrons. The summed E-state index contributed by atoms with van der Waals surface area (Å²) in [4.78, 5) is 0.0278.